The Morgan fingerprint density at radius 3 is 2.38 bits per heavy atom. The van der Waals surface area contributed by atoms with Crippen LogP contribution >= 0.6 is 0 Å². The lowest BCUT2D eigenvalue weighted by Gasteiger charge is -2.28. The maximum Gasteiger partial charge on any atom is 0.199 e. The molecule has 0 bridgehead atoms. The van der Waals surface area contributed by atoms with Crippen molar-refractivity contribution in [2.24, 2.45) is 0 Å². The lowest BCUT2D eigenvalue weighted by molar-refractivity contribution is -0.462. The minimum Gasteiger partial charge on any atom is -0.378 e. The normalized spacial score (nSPS) is 14.6. The topological polar surface area (TPSA) is 23.3 Å². The summed E-state index contributed by atoms with van der Waals surface area (Å²) in [4.78, 5) is 14.8. The molecule has 0 amide bonds. The fraction of sp³-hybridized carbons (Fsp3) is 0.241. The van der Waals surface area contributed by atoms with E-state index in [1.54, 1.807) is 6.92 Å². The van der Waals surface area contributed by atoms with Gasteiger partial charge >= 0.3 is 0 Å². The van der Waals surface area contributed by atoms with Crippen LogP contribution in [0.5, 0.6) is 0 Å². The predicted octanol–water partition coefficient (Wildman–Crippen LogP) is 5.56. The van der Waals surface area contributed by atoms with Gasteiger partial charge in [-0.25, -0.2) is 4.58 Å². The standard InChI is InChI=1S/C29H31N2O/c1-18(2)20-8-11-25(19(3)32)28(17-20)29-26-12-9-23(30(4)5)15-21(26)14-22-16-24(31(6)7)10-13-27(22)29/h8-13,15-17H,1,14H2,2-7H3/q+1. The molecule has 0 fully saturated rings. The van der Waals surface area contributed by atoms with Crippen molar-refractivity contribution in [3.63, 3.8) is 0 Å². The Hall–Kier alpha value is -3.46. The summed E-state index contributed by atoms with van der Waals surface area (Å²) in [6.45, 7) is 7.79. The third-order valence-electron chi connectivity index (χ3n) is 6.29. The van der Waals surface area contributed by atoms with Gasteiger partial charge in [-0.05, 0) is 83.5 Å². The Morgan fingerprint density at radius 1 is 1.00 bits per heavy atom. The summed E-state index contributed by atoms with van der Waals surface area (Å²) in [7, 11) is 8.27. The Morgan fingerprint density at radius 2 is 1.75 bits per heavy atom. The fourth-order valence-corrected chi connectivity index (χ4v) is 4.46. The number of Topliss-reactive ketones (excluding diaryl/α,β-unsaturated/α-hetero) is 1. The smallest absolute Gasteiger partial charge is 0.199 e. The van der Waals surface area contributed by atoms with Crippen LogP contribution in [0.1, 0.15) is 46.5 Å². The number of hydrogen-bond acceptors (Lipinski definition) is 2. The predicted molar refractivity (Wildman–Crippen MR) is 136 cm³/mol. The largest absolute Gasteiger partial charge is 0.378 e. The van der Waals surface area contributed by atoms with E-state index >= 15 is 0 Å². The Bertz CT molecular complexity index is 1280. The van der Waals surface area contributed by atoms with E-state index in [-0.39, 0.29) is 5.78 Å². The van der Waals surface area contributed by atoms with Crippen LogP contribution in [-0.4, -0.2) is 44.3 Å². The fourth-order valence-electron chi connectivity index (χ4n) is 4.46. The van der Waals surface area contributed by atoms with Gasteiger partial charge in [-0.15, -0.1) is 0 Å². The third kappa shape index (κ3) is 3.80. The summed E-state index contributed by atoms with van der Waals surface area (Å²) in [5, 5.41) is 0. The molecule has 4 rings (SSSR count). The lowest BCUT2D eigenvalue weighted by Crippen LogP contribution is -2.18. The first-order valence-corrected chi connectivity index (χ1v) is 11.0. The summed E-state index contributed by atoms with van der Waals surface area (Å²) >= 11 is 0. The number of benzene rings is 2. The molecular formula is C29H31N2O+. The molecule has 2 aliphatic carbocycles. The molecule has 2 aromatic carbocycles. The lowest BCUT2D eigenvalue weighted by atomic mass is 9.75. The monoisotopic (exact) mass is 423 g/mol. The first-order chi connectivity index (χ1) is 15.2. The highest BCUT2D eigenvalue weighted by Gasteiger charge is 2.28. The number of rotatable bonds is 4. The van der Waals surface area contributed by atoms with E-state index in [1.165, 1.54) is 33.7 Å². The average molecular weight is 424 g/mol. The second kappa shape index (κ2) is 8.23. The van der Waals surface area contributed by atoms with E-state index in [1.807, 2.05) is 19.1 Å². The van der Waals surface area contributed by atoms with Gasteiger partial charge in [0.1, 0.15) is 14.1 Å². The van der Waals surface area contributed by atoms with Crippen LogP contribution in [0, 0.1) is 0 Å². The second-order valence-corrected chi connectivity index (χ2v) is 9.12. The average Bonchev–Trinajstić information content (AvgIpc) is 2.75. The molecule has 3 nitrogen and oxygen atoms in total. The highest BCUT2D eigenvalue weighted by molar-refractivity contribution is 6.08. The molecule has 32 heavy (non-hydrogen) atoms. The van der Waals surface area contributed by atoms with E-state index in [0.717, 1.165) is 34.3 Å². The molecule has 162 valence electrons. The summed E-state index contributed by atoms with van der Waals surface area (Å²) in [6.07, 6.45) is 7.51. The number of allylic oxidation sites excluding steroid dienone is 6. The van der Waals surface area contributed by atoms with Crippen molar-refractivity contribution in [2.75, 3.05) is 33.1 Å². The van der Waals surface area contributed by atoms with Crippen molar-refractivity contribution in [3.05, 3.63) is 100 Å². The molecule has 0 N–H and O–H groups in total. The van der Waals surface area contributed by atoms with E-state index in [4.69, 9.17) is 0 Å². The van der Waals surface area contributed by atoms with Crippen molar-refractivity contribution in [2.45, 2.75) is 20.3 Å². The highest BCUT2D eigenvalue weighted by atomic mass is 16.1. The number of carbonyl (C=O) groups excluding carboxylic acids is 1. The van der Waals surface area contributed by atoms with E-state index in [0.29, 0.717) is 0 Å². The molecule has 0 saturated heterocycles. The molecule has 0 atom stereocenters. The van der Waals surface area contributed by atoms with Crippen LogP contribution in [0.3, 0.4) is 0 Å². The maximum atomic E-state index is 12.7. The zero-order chi connectivity index (χ0) is 23.2. The van der Waals surface area contributed by atoms with E-state index in [9.17, 15) is 4.79 Å². The zero-order valence-electron chi connectivity index (χ0n) is 19.9. The summed E-state index contributed by atoms with van der Waals surface area (Å²) in [5.74, 6) is 0.0734. The number of fused-ring (bicyclic) bond motifs is 2. The molecule has 0 aromatic heterocycles. The van der Waals surface area contributed by atoms with Crippen LogP contribution in [0.15, 0.2) is 72.4 Å². The zero-order valence-corrected chi connectivity index (χ0v) is 19.9. The van der Waals surface area contributed by atoms with Crippen molar-refractivity contribution in [1.29, 1.82) is 0 Å². The van der Waals surface area contributed by atoms with Gasteiger partial charge in [0.05, 0.1) is 0 Å². The van der Waals surface area contributed by atoms with Gasteiger partial charge in [-0.1, -0.05) is 30.4 Å². The Kier molecular flexibility index (Phi) is 5.60. The van der Waals surface area contributed by atoms with Crippen molar-refractivity contribution in [3.8, 4) is 0 Å². The highest BCUT2D eigenvalue weighted by Crippen LogP contribution is 2.43. The van der Waals surface area contributed by atoms with Crippen molar-refractivity contribution >= 4 is 28.3 Å². The minimum absolute atomic E-state index is 0.0734. The van der Waals surface area contributed by atoms with Crippen molar-refractivity contribution < 1.29 is 9.37 Å². The minimum atomic E-state index is 0.0734. The van der Waals surface area contributed by atoms with Gasteiger partial charge in [0.25, 0.3) is 0 Å². The van der Waals surface area contributed by atoms with E-state index < -0.39 is 0 Å². The molecule has 0 saturated carbocycles. The molecule has 3 heteroatoms. The van der Waals surface area contributed by atoms with Gasteiger partial charge in [0.2, 0.25) is 0 Å². The summed E-state index contributed by atoms with van der Waals surface area (Å²) in [5.41, 5.74) is 12.2. The number of anilines is 1. The number of nitrogens with zero attached hydrogens (tertiary/aromatic N) is 2. The molecule has 2 aromatic rings. The van der Waals surface area contributed by atoms with Crippen LogP contribution in [0.25, 0.3) is 11.1 Å². The summed E-state index contributed by atoms with van der Waals surface area (Å²) < 4.78 is 2.13. The molecule has 0 radical (unpaired) electrons. The first-order valence-electron chi connectivity index (χ1n) is 11.0. The van der Waals surface area contributed by atoms with Crippen molar-refractivity contribution in [1.82, 2.24) is 0 Å². The number of hydrogen-bond donors (Lipinski definition) is 0. The Labute approximate surface area is 191 Å². The first kappa shape index (κ1) is 21.8. The van der Waals surface area contributed by atoms with Crippen LogP contribution in [0.4, 0.5) is 5.69 Å². The molecule has 0 spiro atoms. The van der Waals surface area contributed by atoms with Gasteiger partial charge in [0, 0.05) is 37.5 Å². The molecule has 0 heterocycles. The maximum absolute atomic E-state index is 12.7. The second-order valence-electron chi connectivity index (χ2n) is 9.12. The molecule has 0 aliphatic heterocycles. The molecule has 2 aliphatic rings. The van der Waals surface area contributed by atoms with Gasteiger partial charge in [0.15, 0.2) is 11.5 Å². The van der Waals surface area contributed by atoms with Gasteiger partial charge < -0.3 is 4.90 Å². The number of carbonyl (C=O) groups is 1. The third-order valence-corrected chi connectivity index (χ3v) is 6.29. The van der Waals surface area contributed by atoms with Gasteiger partial charge in [-0.2, -0.15) is 0 Å². The molecule has 0 unspecified atom stereocenters. The Balaban J connectivity index is 2.08. The summed E-state index contributed by atoms with van der Waals surface area (Å²) in [6, 6.07) is 12.7. The van der Waals surface area contributed by atoms with E-state index in [2.05, 4.69) is 86.7 Å². The van der Waals surface area contributed by atoms with Crippen LogP contribution in [0.2, 0.25) is 0 Å². The van der Waals surface area contributed by atoms with Crippen LogP contribution < -0.4 is 4.90 Å². The van der Waals surface area contributed by atoms with Gasteiger partial charge in [-0.3, -0.25) is 4.79 Å². The number of ketones is 1. The van der Waals surface area contributed by atoms with Crippen LogP contribution in [-0.2, 0) is 6.42 Å². The SMILES string of the molecule is C=C(C)c1ccc(C(C)=O)c(C2=C3C=CC(=[N+](C)C)C=C3Cc3cc(N(C)C)ccc32)c1. The molecular weight excluding hydrogens is 392 g/mol. The quantitative estimate of drug-likeness (QED) is 0.475.